The number of carbonyl (C=O) groups excluding carboxylic acids is 1. The molecule has 2 heterocycles. The number of piperidine rings is 1. The zero-order chi connectivity index (χ0) is 23.2. The van der Waals surface area contributed by atoms with Crippen LogP contribution in [0.5, 0.6) is 5.75 Å². The average molecular weight is 447 g/mol. The van der Waals surface area contributed by atoms with E-state index in [1.807, 2.05) is 18.2 Å². The summed E-state index contributed by atoms with van der Waals surface area (Å²) in [4.78, 5) is 22.9. The molecule has 1 aromatic heterocycles. The molecule has 33 heavy (non-hydrogen) atoms. The van der Waals surface area contributed by atoms with E-state index in [1.165, 1.54) is 37.5 Å². The van der Waals surface area contributed by atoms with Crippen molar-refractivity contribution in [2.45, 2.75) is 25.7 Å². The topological polar surface area (TPSA) is 67.3 Å². The molecule has 1 aliphatic rings. The second-order valence-electron chi connectivity index (χ2n) is 8.02. The van der Waals surface area contributed by atoms with Crippen LogP contribution in [0, 0.1) is 5.82 Å². The predicted octanol–water partition coefficient (Wildman–Crippen LogP) is 5.32. The van der Waals surface area contributed by atoms with Gasteiger partial charge in [0.15, 0.2) is 5.78 Å². The van der Waals surface area contributed by atoms with Crippen LogP contribution in [0.2, 0.25) is 0 Å². The normalized spacial score (nSPS) is 13.5. The lowest BCUT2D eigenvalue weighted by atomic mass is 10.0. The summed E-state index contributed by atoms with van der Waals surface area (Å²) >= 11 is 0. The molecular formula is C26H27FN4O2. The van der Waals surface area contributed by atoms with Crippen LogP contribution in [0.15, 0.2) is 61.3 Å². The molecule has 0 saturated carbocycles. The highest BCUT2D eigenvalue weighted by Gasteiger charge is 2.16. The maximum Gasteiger partial charge on any atom is 0.227 e. The molecular weight excluding hydrogens is 419 g/mol. The lowest BCUT2D eigenvalue weighted by molar-refractivity contribution is -0.114. The summed E-state index contributed by atoms with van der Waals surface area (Å²) < 4.78 is 19.8. The Labute approximate surface area is 193 Å². The van der Waals surface area contributed by atoms with E-state index in [0.717, 1.165) is 30.2 Å². The van der Waals surface area contributed by atoms with Gasteiger partial charge in [-0.2, -0.15) is 0 Å². The van der Waals surface area contributed by atoms with E-state index in [2.05, 4.69) is 26.8 Å². The van der Waals surface area contributed by atoms with Crippen LogP contribution in [0.4, 0.5) is 21.7 Å². The number of aromatic nitrogens is 2. The van der Waals surface area contributed by atoms with Crippen molar-refractivity contribution in [3.05, 3.63) is 72.7 Å². The summed E-state index contributed by atoms with van der Waals surface area (Å²) in [5.41, 5.74) is 3.59. The predicted molar refractivity (Wildman–Crippen MR) is 129 cm³/mol. The van der Waals surface area contributed by atoms with Crippen LogP contribution in [0.25, 0.3) is 11.3 Å². The molecule has 0 atom stereocenters. The SMILES string of the molecule is C=CC(=O)Cc1cc(F)cc(-c2ccnc(Nc3ccc(OC)c(N4CCCCC4)c3)n2)c1. The van der Waals surface area contributed by atoms with Crippen LogP contribution in [0.3, 0.4) is 0 Å². The Morgan fingerprint density at radius 2 is 2.00 bits per heavy atom. The van der Waals surface area contributed by atoms with Crippen molar-refractivity contribution in [1.82, 2.24) is 9.97 Å². The molecule has 0 bridgehead atoms. The average Bonchev–Trinajstić information content (AvgIpc) is 2.84. The minimum atomic E-state index is -0.422. The number of ether oxygens (including phenoxy) is 1. The van der Waals surface area contributed by atoms with E-state index in [0.29, 0.717) is 22.8 Å². The van der Waals surface area contributed by atoms with Crippen molar-refractivity contribution in [2.24, 2.45) is 0 Å². The summed E-state index contributed by atoms with van der Waals surface area (Å²) in [5.74, 6) is 0.642. The molecule has 1 fully saturated rings. The van der Waals surface area contributed by atoms with Crippen molar-refractivity contribution >= 4 is 23.1 Å². The number of benzene rings is 2. The van der Waals surface area contributed by atoms with E-state index in [-0.39, 0.29) is 12.2 Å². The largest absolute Gasteiger partial charge is 0.495 e. The molecule has 1 saturated heterocycles. The van der Waals surface area contributed by atoms with Gasteiger partial charge in [-0.1, -0.05) is 6.58 Å². The number of allylic oxidation sites excluding steroid dienone is 1. The van der Waals surface area contributed by atoms with Crippen molar-refractivity contribution < 1.29 is 13.9 Å². The molecule has 6 nitrogen and oxygen atoms in total. The number of anilines is 3. The molecule has 3 aromatic rings. The fourth-order valence-corrected chi connectivity index (χ4v) is 4.03. The van der Waals surface area contributed by atoms with Crippen LogP contribution in [-0.4, -0.2) is 36.0 Å². The summed E-state index contributed by atoms with van der Waals surface area (Å²) in [5, 5.41) is 3.25. The highest BCUT2D eigenvalue weighted by atomic mass is 19.1. The van der Waals surface area contributed by atoms with Crippen molar-refractivity contribution in [3.63, 3.8) is 0 Å². The fraction of sp³-hybridized carbons (Fsp3) is 0.269. The first-order valence-electron chi connectivity index (χ1n) is 11.0. The lowest BCUT2D eigenvalue weighted by Gasteiger charge is -2.30. The molecule has 0 aliphatic carbocycles. The smallest absolute Gasteiger partial charge is 0.227 e. The maximum atomic E-state index is 14.2. The van der Waals surface area contributed by atoms with Crippen LogP contribution < -0.4 is 15.0 Å². The van der Waals surface area contributed by atoms with Gasteiger partial charge in [-0.15, -0.1) is 0 Å². The molecule has 0 amide bonds. The summed E-state index contributed by atoms with van der Waals surface area (Å²) in [6, 6.07) is 12.1. The monoisotopic (exact) mass is 446 g/mol. The van der Waals surface area contributed by atoms with E-state index >= 15 is 0 Å². The lowest BCUT2D eigenvalue weighted by Crippen LogP contribution is -2.29. The van der Waals surface area contributed by atoms with E-state index < -0.39 is 5.82 Å². The quantitative estimate of drug-likeness (QED) is 0.472. The van der Waals surface area contributed by atoms with Gasteiger partial charge in [-0.25, -0.2) is 14.4 Å². The zero-order valence-corrected chi connectivity index (χ0v) is 18.7. The number of hydrogen-bond donors (Lipinski definition) is 1. The maximum absolute atomic E-state index is 14.2. The molecule has 1 aliphatic heterocycles. The zero-order valence-electron chi connectivity index (χ0n) is 18.7. The highest BCUT2D eigenvalue weighted by molar-refractivity contribution is 5.91. The van der Waals surface area contributed by atoms with Gasteiger partial charge in [0.05, 0.1) is 18.5 Å². The van der Waals surface area contributed by atoms with Gasteiger partial charge in [0, 0.05) is 37.0 Å². The van der Waals surface area contributed by atoms with Crippen molar-refractivity contribution in [1.29, 1.82) is 0 Å². The first-order valence-corrected chi connectivity index (χ1v) is 11.0. The molecule has 7 heteroatoms. The number of nitrogens with one attached hydrogen (secondary N) is 1. The number of hydrogen-bond acceptors (Lipinski definition) is 6. The third kappa shape index (κ3) is 5.55. The Morgan fingerprint density at radius 1 is 1.18 bits per heavy atom. The second kappa shape index (κ2) is 10.3. The summed E-state index contributed by atoms with van der Waals surface area (Å²) in [7, 11) is 1.68. The van der Waals surface area contributed by atoms with Crippen LogP contribution >= 0.6 is 0 Å². The number of halogens is 1. The number of ketones is 1. The molecule has 0 unspecified atom stereocenters. The molecule has 170 valence electrons. The van der Waals surface area contributed by atoms with Gasteiger partial charge < -0.3 is 15.0 Å². The van der Waals surface area contributed by atoms with Crippen molar-refractivity contribution in [3.8, 4) is 17.0 Å². The summed E-state index contributed by atoms with van der Waals surface area (Å²) in [6.07, 6.45) is 6.54. The Morgan fingerprint density at radius 3 is 2.76 bits per heavy atom. The third-order valence-corrected chi connectivity index (χ3v) is 5.65. The van der Waals surface area contributed by atoms with E-state index in [9.17, 15) is 9.18 Å². The van der Waals surface area contributed by atoms with Crippen LogP contribution in [-0.2, 0) is 11.2 Å². The molecule has 0 spiro atoms. The first kappa shape index (κ1) is 22.5. The fourth-order valence-electron chi connectivity index (χ4n) is 4.03. The number of rotatable bonds is 8. The van der Waals surface area contributed by atoms with Gasteiger partial charge in [0.1, 0.15) is 11.6 Å². The van der Waals surface area contributed by atoms with E-state index in [1.54, 1.807) is 25.4 Å². The van der Waals surface area contributed by atoms with Gasteiger partial charge in [0.2, 0.25) is 5.95 Å². The molecule has 1 N–H and O–H groups in total. The Bertz CT molecular complexity index is 1160. The minimum absolute atomic E-state index is 0.0928. The third-order valence-electron chi connectivity index (χ3n) is 5.65. The Hall–Kier alpha value is -3.74. The second-order valence-corrected chi connectivity index (χ2v) is 8.02. The Kier molecular flexibility index (Phi) is 6.98. The van der Waals surface area contributed by atoms with Crippen molar-refractivity contribution in [2.75, 3.05) is 30.4 Å². The number of methoxy groups -OCH3 is 1. The number of nitrogens with zero attached hydrogens (tertiary/aromatic N) is 3. The Balaban J connectivity index is 1.59. The minimum Gasteiger partial charge on any atom is -0.495 e. The van der Waals surface area contributed by atoms with Gasteiger partial charge in [-0.05, 0) is 73.4 Å². The number of carbonyl (C=O) groups is 1. The molecule has 4 rings (SSSR count). The van der Waals surface area contributed by atoms with E-state index in [4.69, 9.17) is 4.74 Å². The summed E-state index contributed by atoms with van der Waals surface area (Å²) in [6.45, 7) is 5.48. The molecule has 2 aromatic carbocycles. The van der Waals surface area contributed by atoms with Gasteiger partial charge in [0.25, 0.3) is 0 Å². The standard InChI is InChI=1S/C26H27FN4O2/c1-3-22(32)15-18-13-19(16-20(27)14-18)23-9-10-28-26(30-23)29-21-7-8-25(33-2)24(17-21)31-11-5-4-6-12-31/h3,7-10,13-14,16-17H,1,4-6,11-12,15H2,2H3,(H,28,29,30). The molecule has 0 radical (unpaired) electrons. The van der Waals surface area contributed by atoms with Gasteiger partial charge >= 0.3 is 0 Å². The highest BCUT2D eigenvalue weighted by Crippen LogP contribution is 2.34. The van der Waals surface area contributed by atoms with Crippen LogP contribution in [0.1, 0.15) is 24.8 Å². The van der Waals surface area contributed by atoms with Gasteiger partial charge in [-0.3, -0.25) is 4.79 Å². The first-order chi connectivity index (χ1) is 16.1.